The number of unbranched alkanes of at least 4 members (excludes halogenated alkanes) is 1. The minimum atomic E-state index is -2.50. The van der Waals surface area contributed by atoms with Crippen LogP contribution >= 0.6 is 0 Å². The standard InChI is InChI=1S/C16H40N2O6Si2/c1-19-25(20-2,21-3)15-9-13-18(12-8-7-11-17)14-10-16-26(22-4,23-5)24-6/h7-17H2,1-6H3. The van der Waals surface area contributed by atoms with Crippen LogP contribution in [0.15, 0.2) is 0 Å². The van der Waals surface area contributed by atoms with Crippen molar-refractivity contribution in [3.63, 3.8) is 0 Å². The molecule has 0 aromatic heterocycles. The molecule has 0 aliphatic heterocycles. The van der Waals surface area contributed by atoms with Crippen molar-refractivity contribution in [2.24, 2.45) is 5.73 Å². The molecule has 0 fully saturated rings. The molecular formula is C16H40N2O6Si2. The zero-order chi connectivity index (χ0) is 19.9. The molecule has 0 aromatic carbocycles. The van der Waals surface area contributed by atoms with Gasteiger partial charge in [-0.15, -0.1) is 0 Å². The fourth-order valence-corrected chi connectivity index (χ4v) is 6.37. The maximum absolute atomic E-state index is 5.63. The van der Waals surface area contributed by atoms with Crippen molar-refractivity contribution in [2.45, 2.75) is 37.8 Å². The van der Waals surface area contributed by atoms with Gasteiger partial charge in [0.1, 0.15) is 0 Å². The van der Waals surface area contributed by atoms with Gasteiger partial charge in [-0.05, 0) is 51.9 Å². The predicted octanol–water partition coefficient (Wildman–Crippen LogP) is 1.56. The molecule has 0 aliphatic carbocycles. The molecule has 0 saturated heterocycles. The van der Waals surface area contributed by atoms with Gasteiger partial charge in [-0.25, -0.2) is 0 Å². The topological polar surface area (TPSA) is 84.6 Å². The highest BCUT2D eigenvalue weighted by atomic mass is 28.4. The largest absolute Gasteiger partial charge is 0.500 e. The van der Waals surface area contributed by atoms with Crippen LogP contribution in [0, 0.1) is 0 Å². The van der Waals surface area contributed by atoms with Gasteiger partial charge in [0.2, 0.25) is 0 Å². The first-order valence-electron chi connectivity index (χ1n) is 9.24. The van der Waals surface area contributed by atoms with Crippen LogP contribution in [0.3, 0.4) is 0 Å². The third-order valence-corrected chi connectivity index (χ3v) is 10.4. The van der Waals surface area contributed by atoms with Crippen molar-refractivity contribution in [3.05, 3.63) is 0 Å². The van der Waals surface area contributed by atoms with Gasteiger partial charge in [-0.3, -0.25) is 0 Å². The summed E-state index contributed by atoms with van der Waals surface area (Å²) in [6, 6.07) is 1.60. The Bertz CT molecular complexity index is 291. The third-order valence-electron chi connectivity index (χ3n) is 4.71. The van der Waals surface area contributed by atoms with Crippen molar-refractivity contribution >= 4 is 17.6 Å². The Morgan fingerprint density at radius 1 is 0.577 bits per heavy atom. The van der Waals surface area contributed by atoms with E-state index in [9.17, 15) is 0 Å². The lowest BCUT2D eigenvalue weighted by atomic mass is 10.2. The summed E-state index contributed by atoms with van der Waals surface area (Å²) in [7, 11) is 4.93. The molecule has 0 aliphatic rings. The average molecular weight is 413 g/mol. The summed E-state index contributed by atoms with van der Waals surface area (Å²) < 4.78 is 33.0. The minimum Gasteiger partial charge on any atom is -0.377 e. The summed E-state index contributed by atoms with van der Waals surface area (Å²) in [5.74, 6) is 0. The lowest BCUT2D eigenvalue weighted by Crippen LogP contribution is -2.44. The fraction of sp³-hybridized carbons (Fsp3) is 1.00. The summed E-state index contributed by atoms with van der Waals surface area (Å²) in [6.07, 6.45) is 4.06. The van der Waals surface area contributed by atoms with Gasteiger partial charge in [0, 0.05) is 54.7 Å². The molecule has 158 valence electrons. The van der Waals surface area contributed by atoms with Gasteiger partial charge in [0.15, 0.2) is 0 Å². The zero-order valence-corrected chi connectivity index (χ0v) is 19.5. The first kappa shape index (κ1) is 26.1. The highest BCUT2D eigenvalue weighted by Crippen LogP contribution is 2.18. The van der Waals surface area contributed by atoms with Gasteiger partial charge in [0.25, 0.3) is 0 Å². The van der Waals surface area contributed by atoms with E-state index >= 15 is 0 Å². The molecule has 0 unspecified atom stereocenters. The molecule has 0 rings (SSSR count). The molecule has 0 atom stereocenters. The van der Waals surface area contributed by atoms with Crippen molar-refractivity contribution in [2.75, 3.05) is 68.8 Å². The second kappa shape index (κ2) is 15.1. The van der Waals surface area contributed by atoms with E-state index in [1.54, 1.807) is 42.7 Å². The lowest BCUT2D eigenvalue weighted by Gasteiger charge is -2.28. The van der Waals surface area contributed by atoms with Crippen LogP contribution in [0.25, 0.3) is 0 Å². The highest BCUT2D eigenvalue weighted by Gasteiger charge is 2.38. The Hall–Kier alpha value is 0.114. The molecule has 0 radical (unpaired) electrons. The summed E-state index contributed by atoms with van der Waals surface area (Å²) in [4.78, 5) is 2.45. The zero-order valence-electron chi connectivity index (χ0n) is 17.5. The summed E-state index contributed by atoms with van der Waals surface area (Å²) in [5.41, 5.74) is 5.63. The molecule has 2 N–H and O–H groups in total. The van der Waals surface area contributed by atoms with Crippen LogP contribution in [0.5, 0.6) is 0 Å². The highest BCUT2D eigenvalue weighted by molar-refractivity contribution is 6.60. The van der Waals surface area contributed by atoms with Crippen molar-refractivity contribution < 1.29 is 26.6 Å². The van der Waals surface area contributed by atoms with Crippen LogP contribution in [-0.4, -0.2) is 91.3 Å². The molecule has 0 saturated carbocycles. The Morgan fingerprint density at radius 3 is 1.23 bits per heavy atom. The van der Waals surface area contributed by atoms with Gasteiger partial charge >= 0.3 is 17.6 Å². The number of nitrogens with zero attached hydrogens (tertiary/aromatic N) is 1. The van der Waals surface area contributed by atoms with Crippen LogP contribution in [0.4, 0.5) is 0 Å². The summed E-state index contributed by atoms with van der Waals surface area (Å²) in [6.45, 7) is 3.70. The second-order valence-corrected chi connectivity index (χ2v) is 12.3. The van der Waals surface area contributed by atoms with E-state index in [0.717, 1.165) is 64.0 Å². The molecule has 10 heteroatoms. The van der Waals surface area contributed by atoms with E-state index in [1.807, 2.05) is 0 Å². The predicted molar refractivity (Wildman–Crippen MR) is 107 cm³/mol. The molecule has 0 aromatic rings. The normalized spacial score (nSPS) is 12.9. The quantitative estimate of drug-likeness (QED) is 0.268. The van der Waals surface area contributed by atoms with Crippen LogP contribution < -0.4 is 5.73 Å². The van der Waals surface area contributed by atoms with E-state index in [1.165, 1.54) is 0 Å². The minimum absolute atomic E-state index is 0.730. The first-order valence-corrected chi connectivity index (χ1v) is 13.1. The number of rotatable bonds is 18. The van der Waals surface area contributed by atoms with E-state index in [4.69, 9.17) is 32.3 Å². The van der Waals surface area contributed by atoms with Crippen LogP contribution in [0.1, 0.15) is 25.7 Å². The number of hydrogen-bond acceptors (Lipinski definition) is 8. The van der Waals surface area contributed by atoms with E-state index in [2.05, 4.69) is 4.90 Å². The number of nitrogens with two attached hydrogens (primary N) is 1. The smallest absolute Gasteiger partial charge is 0.377 e. The Kier molecular flexibility index (Phi) is 15.2. The maximum Gasteiger partial charge on any atom is 0.500 e. The Balaban J connectivity index is 4.51. The Morgan fingerprint density at radius 2 is 0.923 bits per heavy atom. The second-order valence-electron chi connectivity index (χ2n) is 6.14. The molecule has 8 nitrogen and oxygen atoms in total. The maximum atomic E-state index is 5.63. The van der Waals surface area contributed by atoms with Crippen LogP contribution in [0.2, 0.25) is 12.1 Å². The van der Waals surface area contributed by atoms with Crippen molar-refractivity contribution in [3.8, 4) is 0 Å². The fourth-order valence-electron chi connectivity index (χ4n) is 2.97. The Labute approximate surface area is 161 Å². The molecule has 0 amide bonds. The lowest BCUT2D eigenvalue weighted by molar-refractivity contribution is 0.119. The molecule has 26 heavy (non-hydrogen) atoms. The van der Waals surface area contributed by atoms with Gasteiger partial charge < -0.3 is 37.2 Å². The SMILES string of the molecule is CO[Si](CCCN(CCCCN)CCC[Si](OC)(OC)OC)(OC)OC. The monoisotopic (exact) mass is 412 g/mol. The molecule has 0 bridgehead atoms. The molecule has 0 heterocycles. The average Bonchev–Trinajstić information content (AvgIpc) is 2.69. The van der Waals surface area contributed by atoms with Gasteiger partial charge in [-0.1, -0.05) is 0 Å². The van der Waals surface area contributed by atoms with E-state index in [0.29, 0.717) is 0 Å². The van der Waals surface area contributed by atoms with Crippen molar-refractivity contribution in [1.29, 1.82) is 0 Å². The van der Waals surface area contributed by atoms with E-state index < -0.39 is 17.6 Å². The molecular weight excluding hydrogens is 372 g/mol. The third kappa shape index (κ3) is 9.35. The van der Waals surface area contributed by atoms with E-state index in [-0.39, 0.29) is 0 Å². The first-order chi connectivity index (χ1) is 12.5. The summed E-state index contributed by atoms with van der Waals surface area (Å²) in [5, 5.41) is 0. The van der Waals surface area contributed by atoms with Gasteiger partial charge in [-0.2, -0.15) is 0 Å². The van der Waals surface area contributed by atoms with Gasteiger partial charge in [0.05, 0.1) is 0 Å². The molecule has 0 spiro atoms. The summed E-state index contributed by atoms with van der Waals surface area (Å²) >= 11 is 0. The van der Waals surface area contributed by atoms with Crippen LogP contribution in [-0.2, 0) is 26.6 Å². The van der Waals surface area contributed by atoms with Crippen molar-refractivity contribution in [1.82, 2.24) is 4.90 Å². The number of hydrogen-bond donors (Lipinski definition) is 1.